The Kier molecular flexibility index (Phi) is 7.64. The molecule has 7 nitrogen and oxygen atoms in total. The van der Waals surface area contributed by atoms with Crippen molar-refractivity contribution in [1.29, 1.82) is 0 Å². The average Bonchev–Trinajstić information content (AvgIpc) is 3.29. The molecule has 1 amide bonds. The molecule has 0 radical (unpaired) electrons. The Morgan fingerprint density at radius 2 is 1.68 bits per heavy atom. The van der Waals surface area contributed by atoms with E-state index in [1.165, 1.54) is 16.4 Å². The van der Waals surface area contributed by atoms with Crippen LogP contribution in [-0.4, -0.2) is 43.4 Å². The number of benzene rings is 2. The first-order valence-electron chi connectivity index (χ1n) is 10.2. The number of sulfonamides is 1. The Balaban J connectivity index is 1.55. The van der Waals surface area contributed by atoms with Crippen molar-refractivity contribution in [3.05, 3.63) is 54.1 Å². The predicted molar refractivity (Wildman–Crippen MR) is 125 cm³/mol. The molecule has 1 heterocycles. The monoisotopic (exact) mass is 461 g/mol. The molecule has 0 atom stereocenters. The summed E-state index contributed by atoms with van der Waals surface area (Å²) in [7, 11) is -3.46. The fraction of sp³-hybridized carbons (Fsp3) is 0.364. The number of carbonyl (C=O) groups excluding carboxylic acids is 1. The minimum absolute atomic E-state index is 0.125. The summed E-state index contributed by atoms with van der Waals surface area (Å²) in [4.78, 5) is 12.6. The van der Waals surface area contributed by atoms with E-state index in [1.807, 2.05) is 0 Å². The van der Waals surface area contributed by atoms with Gasteiger partial charge in [-0.05, 0) is 79.5 Å². The largest absolute Gasteiger partial charge is 0.493 e. The number of ether oxygens (including phenoxy) is 1. The van der Waals surface area contributed by atoms with Crippen molar-refractivity contribution in [2.75, 3.05) is 25.0 Å². The Hall–Kier alpha value is -2.49. The van der Waals surface area contributed by atoms with Crippen LogP contribution < -0.4 is 15.4 Å². The van der Waals surface area contributed by atoms with Crippen LogP contribution in [0.15, 0.2) is 53.4 Å². The lowest BCUT2D eigenvalue weighted by Crippen LogP contribution is -2.34. The fourth-order valence-electron chi connectivity index (χ4n) is 3.09. The second-order valence-corrected chi connectivity index (χ2v) is 10.1. The molecular weight excluding hydrogens is 434 g/mol. The van der Waals surface area contributed by atoms with Gasteiger partial charge in [-0.3, -0.25) is 10.1 Å². The molecule has 3 rings (SSSR count). The van der Waals surface area contributed by atoms with E-state index in [2.05, 4.69) is 24.5 Å². The van der Waals surface area contributed by atoms with Gasteiger partial charge in [0, 0.05) is 24.3 Å². The maximum absolute atomic E-state index is 12.6. The molecule has 0 saturated carbocycles. The molecule has 0 unspecified atom stereocenters. The van der Waals surface area contributed by atoms with Crippen molar-refractivity contribution < 1.29 is 17.9 Å². The molecule has 2 N–H and O–H groups in total. The van der Waals surface area contributed by atoms with Crippen LogP contribution in [0.3, 0.4) is 0 Å². The Morgan fingerprint density at radius 3 is 2.26 bits per heavy atom. The average molecular weight is 462 g/mol. The number of rotatable bonds is 7. The summed E-state index contributed by atoms with van der Waals surface area (Å²) in [5.41, 5.74) is 1.04. The molecule has 9 heteroatoms. The van der Waals surface area contributed by atoms with E-state index in [4.69, 9.17) is 17.0 Å². The van der Waals surface area contributed by atoms with E-state index in [0.717, 1.165) is 12.8 Å². The van der Waals surface area contributed by atoms with Crippen LogP contribution >= 0.6 is 12.2 Å². The van der Waals surface area contributed by atoms with Gasteiger partial charge in [0.2, 0.25) is 10.0 Å². The number of hydrogen-bond donors (Lipinski definition) is 2. The van der Waals surface area contributed by atoms with Crippen LogP contribution in [0.1, 0.15) is 37.0 Å². The second-order valence-electron chi connectivity index (χ2n) is 7.77. The maximum atomic E-state index is 12.6. The van der Waals surface area contributed by atoms with Crippen molar-refractivity contribution >= 4 is 38.9 Å². The van der Waals surface area contributed by atoms with E-state index in [9.17, 15) is 13.2 Å². The van der Waals surface area contributed by atoms with Gasteiger partial charge >= 0.3 is 0 Å². The molecule has 1 fully saturated rings. The smallest absolute Gasteiger partial charge is 0.257 e. The van der Waals surface area contributed by atoms with Gasteiger partial charge in [-0.2, -0.15) is 4.31 Å². The normalized spacial score (nSPS) is 14.4. The maximum Gasteiger partial charge on any atom is 0.257 e. The molecule has 0 spiro atoms. The summed E-state index contributed by atoms with van der Waals surface area (Å²) < 4.78 is 32.3. The van der Waals surface area contributed by atoms with Crippen LogP contribution in [0.4, 0.5) is 5.69 Å². The third-order valence-electron chi connectivity index (χ3n) is 4.74. The molecule has 1 saturated heterocycles. The van der Waals surface area contributed by atoms with E-state index in [0.29, 0.717) is 42.6 Å². The number of nitrogens with zero attached hydrogens (tertiary/aromatic N) is 1. The van der Waals surface area contributed by atoms with Crippen molar-refractivity contribution in [1.82, 2.24) is 9.62 Å². The number of hydrogen-bond acceptors (Lipinski definition) is 5. The standard InChI is InChI=1S/C22H27N3O4S2/c1-16(2)15-29-19-9-5-17(6-10-19)21(26)24-22(30)23-18-7-11-20(12-8-18)31(27,28)25-13-3-4-14-25/h5-12,16H,3-4,13-15H2,1-2H3,(H2,23,24,26,30). The predicted octanol–water partition coefficient (Wildman–Crippen LogP) is 3.63. The van der Waals surface area contributed by atoms with Crippen molar-refractivity contribution in [3.63, 3.8) is 0 Å². The Labute approximate surface area is 188 Å². The highest BCUT2D eigenvalue weighted by atomic mass is 32.2. The minimum atomic E-state index is -3.46. The lowest BCUT2D eigenvalue weighted by Gasteiger charge is -2.16. The zero-order valence-corrected chi connectivity index (χ0v) is 19.3. The molecule has 0 bridgehead atoms. The molecule has 0 aliphatic carbocycles. The number of carbonyl (C=O) groups is 1. The van der Waals surface area contributed by atoms with Gasteiger partial charge in [0.05, 0.1) is 11.5 Å². The van der Waals surface area contributed by atoms with Gasteiger partial charge < -0.3 is 10.1 Å². The van der Waals surface area contributed by atoms with Crippen molar-refractivity contribution in [3.8, 4) is 5.75 Å². The summed E-state index contributed by atoms with van der Waals surface area (Å²) in [5.74, 6) is 0.775. The highest BCUT2D eigenvalue weighted by Crippen LogP contribution is 2.22. The minimum Gasteiger partial charge on any atom is -0.493 e. The molecule has 1 aliphatic heterocycles. The van der Waals surface area contributed by atoms with Crippen LogP contribution in [0.5, 0.6) is 5.75 Å². The first kappa shape index (κ1) is 23.2. The molecule has 0 aromatic heterocycles. The number of amides is 1. The molecule has 2 aromatic rings. The van der Waals surface area contributed by atoms with Crippen LogP contribution in [0.2, 0.25) is 0 Å². The second kappa shape index (κ2) is 10.2. The number of thiocarbonyl (C=S) groups is 1. The number of anilines is 1. The van der Waals surface area contributed by atoms with E-state index >= 15 is 0 Å². The van der Waals surface area contributed by atoms with E-state index in [-0.39, 0.29) is 15.9 Å². The molecule has 2 aromatic carbocycles. The first-order valence-corrected chi connectivity index (χ1v) is 12.1. The Morgan fingerprint density at radius 1 is 1.06 bits per heavy atom. The van der Waals surface area contributed by atoms with Crippen LogP contribution in [0.25, 0.3) is 0 Å². The van der Waals surface area contributed by atoms with Crippen LogP contribution in [-0.2, 0) is 10.0 Å². The van der Waals surface area contributed by atoms with Gasteiger partial charge in [0.1, 0.15) is 5.75 Å². The summed E-state index contributed by atoms with van der Waals surface area (Å²) in [6.07, 6.45) is 1.78. The highest BCUT2D eigenvalue weighted by molar-refractivity contribution is 7.89. The van der Waals surface area contributed by atoms with E-state index < -0.39 is 10.0 Å². The molecular formula is C22H27N3O4S2. The van der Waals surface area contributed by atoms with Gasteiger partial charge in [0.15, 0.2) is 5.11 Å². The fourth-order valence-corrected chi connectivity index (χ4v) is 4.82. The van der Waals surface area contributed by atoms with Gasteiger partial charge in [-0.25, -0.2) is 8.42 Å². The lowest BCUT2D eigenvalue weighted by molar-refractivity contribution is 0.0977. The van der Waals surface area contributed by atoms with E-state index in [1.54, 1.807) is 36.4 Å². The number of nitrogens with one attached hydrogen (secondary N) is 2. The quantitative estimate of drug-likeness (QED) is 0.612. The Bertz CT molecular complexity index is 1010. The zero-order chi connectivity index (χ0) is 22.4. The van der Waals surface area contributed by atoms with Crippen LogP contribution in [0, 0.1) is 5.92 Å². The molecule has 31 heavy (non-hydrogen) atoms. The molecule has 166 valence electrons. The summed E-state index contributed by atoms with van der Waals surface area (Å²) in [6, 6.07) is 13.2. The van der Waals surface area contributed by atoms with Gasteiger partial charge in [0.25, 0.3) is 5.91 Å². The zero-order valence-electron chi connectivity index (χ0n) is 17.6. The topological polar surface area (TPSA) is 87.7 Å². The van der Waals surface area contributed by atoms with Gasteiger partial charge in [-0.1, -0.05) is 13.8 Å². The summed E-state index contributed by atoms with van der Waals surface area (Å²) in [5, 5.41) is 5.64. The third kappa shape index (κ3) is 6.25. The first-order chi connectivity index (χ1) is 14.8. The van der Waals surface area contributed by atoms with Crippen molar-refractivity contribution in [2.24, 2.45) is 5.92 Å². The SMILES string of the molecule is CC(C)COc1ccc(C(=O)NC(=S)Nc2ccc(S(=O)(=O)N3CCCC3)cc2)cc1. The van der Waals surface area contributed by atoms with Crippen molar-refractivity contribution in [2.45, 2.75) is 31.6 Å². The highest BCUT2D eigenvalue weighted by Gasteiger charge is 2.26. The summed E-state index contributed by atoms with van der Waals surface area (Å²) >= 11 is 5.21. The molecule has 1 aliphatic rings. The third-order valence-corrected chi connectivity index (χ3v) is 6.86. The summed E-state index contributed by atoms with van der Waals surface area (Å²) in [6.45, 7) is 5.86. The van der Waals surface area contributed by atoms with Gasteiger partial charge in [-0.15, -0.1) is 0 Å². The lowest BCUT2D eigenvalue weighted by atomic mass is 10.2.